The molecule has 0 unspecified atom stereocenters. The molecule has 1 aromatic heterocycles. The van der Waals surface area contributed by atoms with Crippen molar-refractivity contribution in [3.63, 3.8) is 0 Å². The lowest BCUT2D eigenvalue weighted by Gasteiger charge is -2.33. The summed E-state index contributed by atoms with van der Waals surface area (Å²) in [5.74, 6) is -0.980. The number of hydrogen-bond donors (Lipinski definition) is 2. The number of likely N-dealkylation sites (tertiary alicyclic amines) is 1. The Labute approximate surface area is 202 Å². The van der Waals surface area contributed by atoms with Gasteiger partial charge in [0, 0.05) is 30.9 Å². The third-order valence-corrected chi connectivity index (χ3v) is 5.91. The number of amides is 2. The van der Waals surface area contributed by atoms with E-state index in [0.717, 1.165) is 0 Å². The van der Waals surface area contributed by atoms with E-state index in [1.807, 2.05) is 12.1 Å². The molecule has 2 amide bonds. The number of fused-ring (bicyclic) bond motifs is 1. The van der Waals surface area contributed by atoms with Crippen LogP contribution < -0.4 is 10.9 Å². The highest BCUT2D eigenvalue weighted by Gasteiger charge is 2.27. The third-order valence-electron chi connectivity index (χ3n) is 5.91. The molecule has 0 radical (unpaired) electrons. The van der Waals surface area contributed by atoms with Crippen LogP contribution >= 0.6 is 0 Å². The predicted molar refractivity (Wildman–Crippen MR) is 130 cm³/mol. The van der Waals surface area contributed by atoms with Crippen LogP contribution in [0.25, 0.3) is 10.8 Å². The highest BCUT2D eigenvalue weighted by Crippen LogP contribution is 2.21. The van der Waals surface area contributed by atoms with E-state index in [1.165, 1.54) is 6.07 Å². The van der Waals surface area contributed by atoms with Crippen molar-refractivity contribution in [3.05, 3.63) is 75.5 Å². The molecule has 184 valence electrons. The van der Waals surface area contributed by atoms with Gasteiger partial charge in [0.1, 0.15) is 11.4 Å². The van der Waals surface area contributed by atoms with Gasteiger partial charge in [-0.25, -0.2) is 14.3 Å². The number of rotatable bonds is 4. The molecule has 9 heteroatoms. The summed E-state index contributed by atoms with van der Waals surface area (Å²) in [5, 5.41) is 10.7. The zero-order chi connectivity index (χ0) is 25.2. The second-order valence-electron chi connectivity index (χ2n) is 9.75. The molecule has 2 aromatic carbocycles. The van der Waals surface area contributed by atoms with Crippen molar-refractivity contribution < 1.29 is 18.7 Å². The van der Waals surface area contributed by atoms with Crippen LogP contribution in [0.3, 0.4) is 0 Å². The molecule has 4 rings (SSSR count). The first kappa shape index (κ1) is 24.4. The number of nitrogens with zero attached hydrogens (tertiary/aromatic N) is 2. The van der Waals surface area contributed by atoms with Crippen LogP contribution in [0.4, 0.5) is 9.18 Å². The zero-order valence-corrected chi connectivity index (χ0v) is 20.1. The lowest BCUT2D eigenvalue weighted by atomic mass is 10.0. The Hall–Kier alpha value is -3.75. The normalized spacial score (nSPS) is 14.7. The largest absolute Gasteiger partial charge is 0.444 e. The molecule has 0 atom stereocenters. The molecule has 8 nitrogen and oxygen atoms in total. The number of halogens is 1. The van der Waals surface area contributed by atoms with Gasteiger partial charge in [0.05, 0.1) is 16.6 Å². The number of nitrogens with one attached hydrogen (secondary N) is 2. The van der Waals surface area contributed by atoms with Crippen molar-refractivity contribution in [3.8, 4) is 0 Å². The number of aromatic amines is 1. The molecule has 0 saturated carbocycles. The van der Waals surface area contributed by atoms with E-state index >= 15 is 0 Å². The van der Waals surface area contributed by atoms with Gasteiger partial charge in [-0.05, 0) is 57.4 Å². The summed E-state index contributed by atoms with van der Waals surface area (Å²) < 4.78 is 19.9. The van der Waals surface area contributed by atoms with Crippen LogP contribution in [0.5, 0.6) is 0 Å². The molecule has 1 aliphatic rings. The van der Waals surface area contributed by atoms with Crippen LogP contribution in [-0.2, 0) is 11.2 Å². The highest BCUT2D eigenvalue weighted by atomic mass is 19.1. The zero-order valence-electron chi connectivity index (χ0n) is 20.1. The molecule has 1 fully saturated rings. The molecule has 1 aliphatic heterocycles. The van der Waals surface area contributed by atoms with Gasteiger partial charge in [0.25, 0.3) is 11.5 Å². The summed E-state index contributed by atoms with van der Waals surface area (Å²) in [4.78, 5) is 38.8. The first-order valence-electron chi connectivity index (χ1n) is 11.6. The van der Waals surface area contributed by atoms with Gasteiger partial charge in [0.2, 0.25) is 0 Å². The molecule has 0 aliphatic carbocycles. The Bertz CT molecular complexity index is 1310. The van der Waals surface area contributed by atoms with Crippen LogP contribution in [0, 0.1) is 5.82 Å². The number of aromatic nitrogens is 2. The molecule has 0 spiro atoms. The van der Waals surface area contributed by atoms with Crippen LogP contribution in [0.2, 0.25) is 0 Å². The van der Waals surface area contributed by atoms with E-state index in [-0.39, 0.29) is 23.1 Å². The van der Waals surface area contributed by atoms with Crippen molar-refractivity contribution in [1.29, 1.82) is 0 Å². The minimum atomic E-state index is -0.591. The summed E-state index contributed by atoms with van der Waals surface area (Å²) in [7, 11) is 0. The van der Waals surface area contributed by atoms with Crippen molar-refractivity contribution in [2.75, 3.05) is 13.1 Å². The van der Waals surface area contributed by atoms with Crippen molar-refractivity contribution in [2.45, 2.75) is 51.7 Å². The van der Waals surface area contributed by atoms with E-state index in [0.29, 0.717) is 54.4 Å². The Morgan fingerprint density at radius 2 is 1.83 bits per heavy atom. The van der Waals surface area contributed by atoms with Gasteiger partial charge < -0.3 is 15.0 Å². The Morgan fingerprint density at radius 3 is 2.51 bits per heavy atom. The molecular formula is C26H29FN4O4. The van der Waals surface area contributed by atoms with Crippen LogP contribution in [-0.4, -0.2) is 51.8 Å². The molecule has 35 heavy (non-hydrogen) atoms. The number of carbonyl (C=O) groups is 2. The summed E-state index contributed by atoms with van der Waals surface area (Å²) in [6.07, 6.45) is 0.961. The first-order chi connectivity index (χ1) is 16.6. The standard InChI is InChI=1S/C26H29FN4O4/c1-26(2,3)35-25(34)28-17-10-12-31(13-11-17)24(33)20-14-16(8-9-21(20)27)15-22-18-6-4-5-7-19(18)23(32)30-29-22/h4-9,14,17H,10-13,15H2,1-3H3,(H,28,34)(H,30,32). The lowest BCUT2D eigenvalue weighted by molar-refractivity contribution is 0.0473. The van der Waals surface area contributed by atoms with E-state index in [4.69, 9.17) is 4.74 Å². The summed E-state index contributed by atoms with van der Waals surface area (Å²) in [6.45, 7) is 6.19. The topological polar surface area (TPSA) is 104 Å². The minimum absolute atomic E-state index is 0.00483. The van der Waals surface area contributed by atoms with Gasteiger partial charge in [0.15, 0.2) is 0 Å². The van der Waals surface area contributed by atoms with Gasteiger partial charge in [-0.15, -0.1) is 0 Å². The van der Waals surface area contributed by atoms with Crippen LogP contribution in [0.15, 0.2) is 47.3 Å². The number of piperidine rings is 1. The quantitative estimate of drug-likeness (QED) is 0.591. The SMILES string of the molecule is CC(C)(C)OC(=O)NC1CCN(C(=O)c2cc(Cc3n[nH]c(=O)c4ccccc34)ccc2F)CC1. The van der Waals surface area contributed by atoms with Gasteiger partial charge in [-0.2, -0.15) is 5.10 Å². The number of ether oxygens (including phenoxy) is 1. The molecule has 2 N–H and O–H groups in total. The summed E-state index contributed by atoms with van der Waals surface area (Å²) >= 11 is 0. The number of benzene rings is 2. The number of carbonyl (C=O) groups excluding carboxylic acids is 2. The molecular weight excluding hydrogens is 451 g/mol. The minimum Gasteiger partial charge on any atom is -0.444 e. The highest BCUT2D eigenvalue weighted by molar-refractivity contribution is 5.95. The maximum atomic E-state index is 14.6. The van der Waals surface area contributed by atoms with Crippen molar-refractivity contribution >= 4 is 22.8 Å². The Morgan fingerprint density at radius 1 is 1.14 bits per heavy atom. The number of H-pyrrole nitrogens is 1. The first-order valence-corrected chi connectivity index (χ1v) is 11.6. The number of alkyl carbamates (subject to hydrolysis) is 1. The lowest BCUT2D eigenvalue weighted by Crippen LogP contribution is -2.47. The Balaban J connectivity index is 1.44. The fraction of sp³-hybridized carbons (Fsp3) is 0.385. The van der Waals surface area contributed by atoms with E-state index in [2.05, 4.69) is 15.5 Å². The van der Waals surface area contributed by atoms with Gasteiger partial charge in [-0.1, -0.05) is 24.3 Å². The van der Waals surface area contributed by atoms with Crippen molar-refractivity contribution in [2.24, 2.45) is 0 Å². The van der Waals surface area contributed by atoms with Crippen LogP contribution in [0.1, 0.15) is 55.2 Å². The smallest absolute Gasteiger partial charge is 0.407 e. The predicted octanol–water partition coefficient (Wildman–Crippen LogP) is 3.78. The average Bonchev–Trinajstić information content (AvgIpc) is 2.81. The maximum absolute atomic E-state index is 14.6. The average molecular weight is 481 g/mol. The van der Waals surface area contributed by atoms with Crippen molar-refractivity contribution in [1.82, 2.24) is 20.4 Å². The van der Waals surface area contributed by atoms with Gasteiger partial charge >= 0.3 is 6.09 Å². The van der Waals surface area contributed by atoms with Gasteiger partial charge in [-0.3, -0.25) is 9.59 Å². The maximum Gasteiger partial charge on any atom is 0.407 e. The third kappa shape index (κ3) is 5.85. The second kappa shape index (κ2) is 9.85. The Kier molecular flexibility index (Phi) is 6.86. The fourth-order valence-corrected chi connectivity index (χ4v) is 4.22. The second-order valence-corrected chi connectivity index (χ2v) is 9.75. The monoisotopic (exact) mass is 480 g/mol. The summed E-state index contributed by atoms with van der Waals surface area (Å²) in [5.41, 5.74) is 0.485. The number of hydrogen-bond acceptors (Lipinski definition) is 5. The summed E-state index contributed by atoms with van der Waals surface area (Å²) in [6, 6.07) is 11.5. The molecule has 2 heterocycles. The van der Waals surface area contributed by atoms with E-state index < -0.39 is 17.5 Å². The van der Waals surface area contributed by atoms with E-state index in [1.54, 1.807) is 49.9 Å². The molecule has 3 aromatic rings. The van der Waals surface area contributed by atoms with E-state index in [9.17, 15) is 18.8 Å². The fourth-order valence-electron chi connectivity index (χ4n) is 4.22. The molecule has 0 bridgehead atoms. The molecule has 1 saturated heterocycles.